The summed E-state index contributed by atoms with van der Waals surface area (Å²) in [6.07, 6.45) is 0. The quantitative estimate of drug-likeness (QED) is 0.710. The summed E-state index contributed by atoms with van der Waals surface area (Å²) in [7, 11) is 0. The normalized spacial score (nSPS) is 19.5. The second-order valence-electron chi connectivity index (χ2n) is 7.24. The maximum atomic E-state index is 5.89. The van der Waals surface area contributed by atoms with Gasteiger partial charge in [-0.3, -0.25) is 14.7 Å². The SMILES string of the molecule is S=C1N(c2ccccc2)C[NH+](CC[NH+]2CCOCC2)CN1c1ccccc1. The molecule has 0 aromatic heterocycles. The molecule has 0 unspecified atom stereocenters. The standard InChI is InChI=1S/C21H26N4OS/c27-21-24(19-7-3-1-4-8-19)17-23(12-11-22-13-15-26-16-14-22)18-25(21)20-9-5-2-6-10-20/h1-10H,11-18H2/p+2. The minimum absolute atomic E-state index is 0.884. The number of quaternary nitrogens is 2. The first kappa shape index (κ1) is 18.4. The van der Waals surface area contributed by atoms with Crippen molar-refractivity contribution in [3.05, 3.63) is 60.7 Å². The van der Waals surface area contributed by atoms with Crippen molar-refractivity contribution in [2.24, 2.45) is 0 Å². The number of hydrogen-bond acceptors (Lipinski definition) is 2. The van der Waals surface area contributed by atoms with Crippen LogP contribution in [0.3, 0.4) is 0 Å². The van der Waals surface area contributed by atoms with E-state index in [4.69, 9.17) is 17.0 Å². The third-order valence-electron chi connectivity index (χ3n) is 5.39. The second kappa shape index (κ2) is 8.80. The maximum absolute atomic E-state index is 5.89. The van der Waals surface area contributed by atoms with Gasteiger partial charge in [-0.15, -0.1) is 0 Å². The molecule has 2 N–H and O–H groups in total. The van der Waals surface area contributed by atoms with Crippen LogP contribution in [0.1, 0.15) is 0 Å². The van der Waals surface area contributed by atoms with Crippen molar-refractivity contribution in [1.82, 2.24) is 0 Å². The molecule has 0 atom stereocenters. The molecule has 2 aliphatic rings. The van der Waals surface area contributed by atoms with Gasteiger partial charge in [-0.05, 0) is 36.5 Å². The average molecular weight is 385 g/mol. The van der Waals surface area contributed by atoms with E-state index in [0.29, 0.717) is 0 Å². The van der Waals surface area contributed by atoms with E-state index >= 15 is 0 Å². The summed E-state index contributed by atoms with van der Waals surface area (Å²) in [6, 6.07) is 21.0. The van der Waals surface area contributed by atoms with Crippen LogP contribution in [0, 0.1) is 0 Å². The van der Waals surface area contributed by atoms with Crippen LogP contribution in [0.4, 0.5) is 11.4 Å². The van der Waals surface area contributed by atoms with Gasteiger partial charge in [-0.1, -0.05) is 36.4 Å². The molecule has 2 fully saturated rings. The minimum Gasteiger partial charge on any atom is -0.370 e. The summed E-state index contributed by atoms with van der Waals surface area (Å²) in [6.45, 7) is 8.16. The predicted octanol–water partition coefficient (Wildman–Crippen LogP) is 0.0131. The molecule has 5 nitrogen and oxygen atoms in total. The second-order valence-corrected chi connectivity index (χ2v) is 7.60. The lowest BCUT2D eigenvalue weighted by Gasteiger charge is -2.41. The van der Waals surface area contributed by atoms with Crippen LogP contribution in [-0.2, 0) is 4.74 Å². The highest BCUT2D eigenvalue weighted by molar-refractivity contribution is 7.80. The molecule has 0 aliphatic carbocycles. The van der Waals surface area contributed by atoms with E-state index in [2.05, 4.69) is 70.5 Å². The van der Waals surface area contributed by atoms with Crippen molar-refractivity contribution in [2.75, 3.05) is 62.5 Å². The number of morpholine rings is 1. The van der Waals surface area contributed by atoms with Crippen LogP contribution in [0.25, 0.3) is 0 Å². The molecule has 0 radical (unpaired) electrons. The van der Waals surface area contributed by atoms with E-state index < -0.39 is 0 Å². The number of rotatable bonds is 5. The van der Waals surface area contributed by atoms with Gasteiger partial charge in [0.25, 0.3) is 0 Å². The number of benzene rings is 2. The Labute approximate surface area is 166 Å². The highest BCUT2D eigenvalue weighted by Gasteiger charge is 2.32. The third kappa shape index (κ3) is 4.47. The first-order valence-electron chi connectivity index (χ1n) is 9.75. The van der Waals surface area contributed by atoms with Crippen LogP contribution < -0.4 is 19.6 Å². The van der Waals surface area contributed by atoms with Gasteiger partial charge < -0.3 is 9.64 Å². The molecule has 0 amide bonds. The van der Waals surface area contributed by atoms with Crippen molar-refractivity contribution in [2.45, 2.75) is 0 Å². The van der Waals surface area contributed by atoms with Crippen molar-refractivity contribution in [3.8, 4) is 0 Å². The highest BCUT2D eigenvalue weighted by Crippen LogP contribution is 2.20. The zero-order valence-corrected chi connectivity index (χ0v) is 16.5. The Morgan fingerprint density at radius 1 is 0.741 bits per heavy atom. The molecule has 0 bridgehead atoms. The summed E-state index contributed by atoms with van der Waals surface area (Å²) in [5.74, 6) is 0. The van der Waals surface area contributed by atoms with Crippen LogP contribution in [0.15, 0.2) is 60.7 Å². The van der Waals surface area contributed by atoms with Gasteiger partial charge in [0.05, 0.1) is 13.2 Å². The molecule has 0 saturated carbocycles. The first-order chi connectivity index (χ1) is 13.3. The Morgan fingerprint density at radius 2 is 1.22 bits per heavy atom. The third-order valence-corrected chi connectivity index (χ3v) is 5.83. The number of anilines is 2. The van der Waals surface area contributed by atoms with E-state index in [-0.39, 0.29) is 0 Å². The molecule has 6 heteroatoms. The fourth-order valence-electron chi connectivity index (χ4n) is 3.82. The van der Waals surface area contributed by atoms with E-state index in [1.54, 1.807) is 4.90 Å². The smallest absolute Gasteiger partial charge is 0.189 e. The molecule has 2 aromatic carbocycles. The van der Waals surface area contributed by atoms with Gasteiger partial charge in [0, 0.05) is 11.4 Å². The largest absolute Gasteiger partial charge is 0.370 e. The lowest BCUT2D eigenvalue weighted by Crippen LogP contribution is -3.23. The van der Waals surface area contributed by atoms with E-state index in [1.807, 2.05) is 0 Å². The lowest BCUT2D eigenvalue weighted by molar-refractivity contribution is -0.960. The van der Waals surface area contributed by atoms with Crippen molar-refractivity contribution >= 4 is 28.7 Å². The number of nitrogens with one attached hydrogen (secondary N) is 2. The van der Waals surface area contributed by atoms with Crippen LogP contribution >= 0.6 is 12.2 Å². The summed E-state index contributed by atoms with van der Waals surface area (Å²) in [5.41, 5.74) is 2.33. The van der Waals surface area contributed by atoms with Gasteiger partial charge in [0.1, 0.15) is 26.2 Å². The van der Waals surface area contributed by atoms with Gasteiger partial charge in [0.2, 0.25) is 0 Å². The fraction of sp³-hybridized carbons (Fsp3) is 0.381. The Morgan fingerprint density at radius 3 is 1.74 bits per heavy atom. The van der Waals surface area contributed by atoms with Gasteiger partial charge in [-0.25, -0.2) is 0 Å². The number of ether oxygens (including phenoxy) is 1. The van der Waals surface area contributed by atoms with Gasteiger partial charge in [0.15, 0.2) is 18.4 Å². The van der Waals surface area contributed by atoms with Crippen LogP contribution in [0.2, 0.25) is 0 Å². The summed E-state index contributed by atoms with van der Waals surface area (Å²) >= 11 is 5.89. The molecular weight excluding hydrogens is 356 g/mol. The molecule has 2 aromatic rings. The first-order valence-corrected chi connectivity index (χ1v) is 10.2. The zero-order valence-electron chi connectivity index (χ0n) is 15.6. The lowest BCUT2D eigenvalue weighted by atomic mass is 10.2. The molecule has 4 rings (SSSR count). The van der Waals surface area contributed by atoms with Gasteiger partial charge >= 0.3 is 0 Å². The van der Waals surface area contributed by atoms with Crippen molar-refractivity contribution in [3.63, 3.8) is 0 Å². The van der Waals surface area contributed by atoms with E-state index in [9.17, 15) is 0 Å². The Bertz CT molecular complexity index is 685. The highest BCUT2D eigenvalue weighted by atomic mass is 32.1. The van der Waals surface area contributed by atoms with Gasteiger partial charge in [-0.2, -0.15) is 0 Å². The van der Waals surface area contributed by atoms with Crippen LogP contribution in [-0.4, -0.2) is 57.8 Å². The Kier molecular flexibility index (Phi) is 5.99. The number of nitrogens with zero attached hydrogens (tertiary/aromatic N) is 2. The number of hydrogen-bond donors (Lipinski definition) is 2. The number of thiocarbonyl (C=S) groups is 1. The molecule has 2 aliphatic heterocycles. The minimum atomic E-state index is 0.884. The summed E-state index contributed by atoms with van der Waals surface area (Å²) in [5, 5.41) is 0.884. The average Bonchev–Trinajstić information content (AvgIpc) is 2.75. The summed E-state index contributed by atoms with van der Waals surface area (Å²) in [4.78, 5) is 7.74. The van der Waals surface area contributed by atoms with Crippen molar-refractivity contribution < 1.29 is 14.5 Å². The fourth-order valence-corrected chi connectivity index (χ4v) is 4.16. The Hall–Kier alpha value is -1.99. The topological polar surface area (TPSA) is 24.6 Å². The van der Waals surface area contributed by atoms with Crippen LogP contribution in [0.5, 0.6) is 0 Å². The molecule has 2 heterocycles. The molecule has 0 spiro atoms. The molecule has 27 heavy (non-hydrogen) atoms. The molecule has 2 saturated heterocycles. The molecular formula is C21H28N4OS+2. The van der Waals surface area contributed by atoms with E-state index in [1.165, 1.54) is 22.8 Å². The van der Waals surface area contributed by atoms with Crippen molar-refractivity contribution in [1.29, 1.82) is 0 Å². The predicted molar refractivity (Wildman–Crippen MR) is 112 cm³/mol. The number of para-hydroxylation sites is 2. The zero-order chi connectivity index (χ0) is 18.5. The monoisotopic (exact) mass is 384 g/mol. The maximum Gasteiger partial charge on any atom is 0.189 e. The van der Waals surface area contributed by atoms with E-state index in [0.717, 1.165) is 51.3 Å². The Balaban J connectivity index is 1.52. The molecule has 142 valence electrons. The summed E-state index contributed by atoms with van der Waals surface area (Å²) < 4.78 is 5.49.